The Bertz CT molecular complexity index is 2040. The Morgan fingerprint density at radius 2 is 1.51 bits per heavy atom. The molecule has 1 heterocycles. The molecule has 8 nitrogen and oxygen atoms in total. The van der Waals surface area contributed by atoms with Crippen LogP contribution in [-0.2, 0) is 6.42 Å². The third-order valence-electron chi connectivity index (χ3n) is 8.95. The molecule has 3 unspecified atom stereocenters. The van der Waals surface area contributed by atoms with E-state index in [4.69, 9.17) is 4.42 Å². The van der Waals surface area contributed by atoms with Gasteiger partial charge >= 0.3 is 0 Å². The molecule has 4 aromatic carbocycles. The van der Waals surface area contributed by atoms with Crippen LogP contribution in [0.4, 0.5) is 0 Å². The van der Waals surface area contributed by atoms with Gasteiger partial charge in [-0.05, 0) is 99.7 Å². The fourth-order valence-corrected chi connectivity index (χ4v) is 6.64. The van der Waals surface area contributed by atoms with Crippen LogP contribution in [0.2, 0.25) is 0 Å². The molecule has 240 valence electrons. The number of carbonyl (C=O) groups excluding carboxylic acids is 1. The second kappa shape index (κ2) is 12.3. The van der Waals surface area contributed by atoms with Gasteiger partial charge in [-0.2, -0.15) is 0 Å². The lowest BCUT2D eigenvalue weighted by atomic mass is 9.65. The molecule has 8 heteroatoms. The number of aromatic hydroxyl groups is 6. The number of fused-ring (bicyclic) bond motifs is 1. The second-order valence-electron chi connectivity index (χ2n) is 12.5. The van der Waals surface area contributed by atoms with E-state index >= 15 is 0 Å². The third-order valence-corrected chi connectivity index (χ3v) is 8.95. The first-order valence-electron chi connectivity index (χ1n) is 15.4. The van der Waals surface area contributed by atoms with Crippen molar-refractivity contribution in [3.8, 4) is 45.8 Å². The molecule has 0 aliphatic heterocycles. The summed E-state index contributed by atoms with van der Waals surface area (Å²) < 4.78 is 5.90. The summed E-state index contributed by atoms with van der Waals surface area (Å²) in [5.41, 5.74) is 3.91. The number of carbonyl (C=O) groups is 1. The Hall–Kier alpha value is -5.63. The maximum absolute atomic E-state index is 14.7. The normalized spacial score (nSPS) is 17.8. The van der Waals surface area contributed by atoms with E-state index in [9.17, 15) is 35.4 Å². The number of ketones is 1. The van der Waals surface area contributed by atoms with Gasteiger partial charge < -0.3 is 35.1 Å². The highest BCUT2D eigenvalue weighted by Crippen LogP contribution is 2.52. The lowest BCUT2D eigenvalue weighted by molar-refractivity contribution is 0.0877. The number of hydrogen-bond donors (Lipinski definition) is 6. The molecule has 47 heavy (non-hydrogen) atoms. The van der Waals surface area contributed by atoms with E-state index in [-0.39, 0.29) is 57.6 Å². The topological polar surface area (TPSA) is 152 Å². The Kier molecular flexibility index (Phi) is 8.20. The quantitative estimate of drug-likeness (QED) is 0.0771. The van der Waals surface area contributed by atoms with E-state index in [1.165, 1.54) is 36.4 Å². The largest absolute Gasteiger partial charge is 0.508 e. The molecule has 1 aliphatic rings. The van der Waals surface area contributed by atoms with Crippen molar-refractivity contribution in [3.63, 3.8) is 0 Å². The van der Waals surface area contributed by atoms with Crippen LogP contribution in [0.25, 0.3) is 22.3 Å². The minimum Gasteiger partial charge on any atom is -0.508 e. The maximum Gasteiger partial charge on any atom is 0.171 e. The number of hydrogen-bond acceptors (Lipinski definition) is 8. The predicted octanol–water partition coefficient (Wildman–Crippen LogP) is 8.56. The Labute approximate surface area is 271 Å². The van der Waals surface area contributed by atoms with Crippen molar-refractivity contribution in [2.45, 2.75) is 45.4 Å². The minimum absolute atomic E-state index is 0.0211. The van der Waals surface area contributed by atoms with Crippen molar-refractivity contribution in [3.05, 3.63) is 118 Å². The van der Waals surface area contributed by atoms with Crippen LogP contribution in [0.1, 0.15) is 66.1 Å². The zero-order valence-electron chi connectivity index (χ0n) is 26.2. The molecule has 6 rings (SSSR count). The molecule has 1 aromatic heterocycles. The number of phenols is 6. The van der Waals surface area contributed by atoms with E-state index in [1.807, 2.05) is 32.9 Å². The van der Waals surface area contributed by atoms with Gasteiger partial charge in [-0.15, -0.1) is 0 Å². The highest BCUT2D eigenvalue weighted by Gasteiger charge is 2.42. The lowest BCUT2D eigenvalue weighted by Crippen LogP contribution is -2.31. The van der Waals surface area contributed by atoms with Gasteiger partial charge in [0.05, 0.1) is 5.56 Å². The van der Waals surface area contributed by atoms with Crippen molar-refractivity contribution >= 4 is 16.8 Å². The van der Waals surface area contributed by atoms with E-state index in [0.717, 1.165) is 22.1 Å². The molecule has 0 saturated heterocycles. The fraction of sp³-hybridized carbons (Fsp3) is 0.205. The summed E-state index contributed by atoms with van der Waals surface area (Å²) in [5.74, 6) is -3.05. The van der Waals surface area contributed by atoms with Crippen LogP contribution >= 0.6 is 0 Å². The van der Waals surface area contributed by atoms with Crippen molar-refractivity contribution in [2.24, 2.45) is 5.92 Å². The van der Waals surface area contributed by atoms with E-state index < -0.39 is 23.5 Å². The molecule has 6 N–H and O–H groups in total. The fourth-order valence-electron chi connectivity index (χ4n) is 6.64. The van der Waals surface area contributed by atoms with Crippen LogP contribution in [0, 0.1) is 5.92 Å². The summed E-state index contributed by atoms with van der Waals surface area (Å²) in [7, 11) is 0. The number of furan rings is 1. The molecular formula is C39H36O8. The molecule has 0 amide bonds. The van der Waals surface area contributed by atoms with Gasteiger partial charge in [-0.1, -0.05) is 35.4 Å². The summed E-state index contributed by atoms with van der Waals surface area (Å²) >= 11 is 0. The van der Waals surface area contributed by atoms with Gasteiger partial charge in [0, 0.05) is 40.0 Å². The highest BCUT2D eigenvalue weighted by atomic mass is 16.3. The average molecular weight is 633 g/mol. The number of phenolic OH excluding ortho intramolecular Hbond substituents is 6. The van der Waals surface area contributed by atoms with Gasteiger partial charge in [-0.3, -0.25) is 4.79 Å². The highest BCUT2D eigenvalue weighted by molar-refractivity contribution is 6.02. The molecule has 0 saturated carbocycles. The van der Waals surface area contributed by atoms with Crippen molar-refractivity contribution in [2.75, 3.05) is 0 Å². The molecule has 0 spiro atoms. The standard InChI is InChI=1S/C39H36O8/c1-20(2)4-11-27-31(42)13-12-28(38(27)45)39(46)36-29(22-5-8-25(40)9-6-22)14-21(3)15-30(36)37-32(43)16-24(17-33(37)44)34-18-23-7-10-26(41)19-35(23)47-34/h4-10,12-13,15-19,29-30,36,40-45H,11,14H2,1-3H3. The Morgan fingerprint density at radius 1 is 0.830 bits per heavy atom. The number of rotatable bonds is 7. The van der Waals surface area contributed by atoms with Gasteiger partial charge in [-0.25, -0.2) is 0 Å². The van der Waals surface area contributed by atoms with Crippen molar-refractivity contribution in [1.29, 1.82) is 0 Å². The van der Waals surface area contributed by atoms with Gasteiger partial charge in [0.1, 0.15) is 45.8 Å². The molecule has 5 aromatic rings. The van der Waals surface area contributed by atoms with Crippen molar-refractivity contribution < 1.29 is 39.9 Å². The van der Waals surface area contributed by atoms with Crippen LogP contribution in [0.15, 0.2) is 101 Å². The first kappa shape index (κ1) is 31.4. The van der Waals surface area contributed by atoms with E-state index in [2.05, 4.69) is 0 Å². The van der Waals surface area contributed by atoms with Gasteiger partial charge in [0.25, 0.3) is 0 Å². The summed E-state index contributed by atoms with van der Waals surface area (Å²) in [6, 6.07) is 18.8. The summed E-state index contributed by atoms with van der Waals surface area (Å²) in [6.45, 7) is 5.72. The third kappa shape index (κ3) is 6.02. The van der Waals surface area contributed by atoms with Gasteiger partial charge in [0.15, 0.2) is 5.78 Å². The summed E-state index contributed by atoms with van der Waals surface area (Å²) in [6.07, 6.45) is 4.41. The SMILES string of the molecule is CC(C)=CCc1c(O)ccc(C(=O)C2C(c3c(O)cc(-c4cc5ccc(O)cc5o4)cc3O)C=C(C)CC2c2ccc(O)cc2)c1O. The molecular weight excluding hydrogens is 596 g/mol. The first-order valence-corrected chi connectivity index (χ1v) is 15.4. The average Bonchev–Trinajstić information content (AvgIpc) is 3.44. The van der Waals surface area contributed by atoms with Crippen LogP contribution in [0.5, 0.6) is 34.5 Å². The second-order valence-corrected chi connectivity index (χ2v) is 12.5. The smallest absolute Gasteiger partial charge is 0.171 e. The molecule has 0 radical (unpaired) electrons. The number of benzene rings is 4. The zero-order chi connectivity index (χ0) is 33.6. The van der Waals surface area contributed by atoms with E-state index in [0.29, 0.717) is 23.3 Å². The van der Waals surface area contributed by atoms with E-state index in [1.54, 1.807) is 36.4 Å². The van der Waals surface area contributed by atoms with Crippen LogP contribution in [-0.4, -0.2) is 36.4 Å². The Balaban J connectivity index is 1.49. The maximum atomic E-state index is 14.7. The first-order chi connectivity index (χ1) is 22.4. The van der Waals surface area contributed by atoms with Gasteiger partial charge in [0.2, 0.25) is 0 Å². The molecule has 3 atom stereocenters. The summed E-state index contributed by atoms with van der Waals surface area (Å²) in [4.78, 5) is 14.7. The van der Waals surface area contributed by atoms with Crippen LogP contribution < -0.4 is 0 Å². The molecule has 1 aliphatic carbocycles. The monoisotopic (exact) mass is 632 g/mol. The number of allylic oxidation sites excluding steroid dienone is 4. The lowest BCUT2D eigenvalue weighted by Gasteiger charge is -2.37. The van der Waals surface area contributed by atoms with Crippen molar-refractivity contribution in [1.82, 2.24) is 0 Å². The minimum atomic E-state index is -0.896. The zero-order valence-corrected chi connectivity index (χ0v) is 26.2. The van der Waals surface area contributed by atoms with Crippen LogP contribution in [0.3, 0.4) is 0 Å². The predicted molar refractivity (Wildman–Crippen MR) is 179 cm³/mol. The summed E-state index contributed by atoms with van der Waals surface area (Å²) in [5, 5.41) is 65.5. The Morgan fingerprint density at radius 3 is 2.19 bits per heavy atom. The number of Topliss-reactive ketones (excluding diaryl/α,β-unsaturated/α-hetero) is 1. The molecule has 0 fully saturated rings. The molecule has 0 bridgehead atoms.